The molecule has 1 atom stereocenters. The second-order valence-corrected chi connectivity index (χ2v) is 8.33. The molecular weight excluding hydrogens is 356 g/mol. The van der Waals surface area contributed by atoms with Gasteiger partial charge in [-0.05, 0) is 34.4 Å². The Hall–Kier alpha value is -1.37. The van der Waals surface area contributed by atoms with Crippen LogP contribution in [0, 0.1) is 0 Å². The summed E-state index contributed by atoms with van der Waals surface area (Å²) >= 11 is 6.77. The molecule has 0 amide bonds. The Kier molecular flexibility index (Phi) is 6.83. The summed E-state index contributed by atoms with van der Waals surface area (Å²) in [5.41, 5.74) is 8.02. The van der Waals surface area contributed by atoms with Crippen molar-refractivity contribution in [2.45, 2.75) is 11.6 Å². The molecule has 1 unspecified atom stereocenters. The van der Waals surface area contributed by atoms with Crippen molar-refractivity contribution in [2.24, 2.45) is 0 Å². The molecule has 0 saturated carbocycles. The fourth-order valence-corrected chi connectivity index (χ4v) is 5.03. The zero-order chi connectivity index (χ0) is 16.1. The molecule has 0 spiro atoms. The van der Waals surface area contributed by atoms with Gasteiger partial charge in [0.25, 0.3) is 0 Å². The van der Waals surface area contributed by atoms with E-state index in [1.807, 2.05) is 18.2 Å². The third-order valence-corrected chi connectivity index (χ3v) is 6.59. The van der Waals surface area contributed by atoms with E-state index in [4.69, 9.17) is 11.2 Å². The van der Waals surface area contributed by atoms with Crippen LogP contribution in [0.4, 0.5) is 0 Å². The number of rotatable bonds is 5. The van der Waals surface area contributed by atoms with Crippen LogP contribution in [-0.2, 0) is 11.6 Å². The number of hydrogen-bond donors (Lipinski definition) is 1. The summed E-state index contributed by atoms with van der Waals surface area (Å²) in [6.45, 7) is 0. The molecule has 3 N–H and O–H groups in total. The van der Waals surface area contributed by atoms with Gasteiger partial charge in [-0.1, -0.05) is 91.0 Å². The van der Waals surface area contributed by atoms with Gasteiger partial charge in [-0.15, -0.1) is 0 Å². The molecule has 0 heterocycles. The standard InChI is InChI=1S/C20H19ClNP.ClH/c21-23(22)20(18-12-6-2-7-13-18,19-14-8-3-9-15-19)16-17-10-4-1-5-11-17;/h1-15H,16,22H2;1H. The third kappa shape index (κ3) is 3.82. The summed E-state index contributed by atoms with van der Waals surface area (Å²) in [6, 6.07) is 31.6. The van der Waals surface area contributed by atoms with E-state index in [1.165, 1.54) is 16.7 Å². The smallest absolute Gasteiger partial charge is 0.213 e. The van der Waals surface area contributed by atoms with Crippen molar-refractivity contribution < 1.29 is 17.9 Å². The van der Waals surface area contributed by atoms with E-state index >= 15 is 0 Å². The largest absolute Gasteiger partial charge is 1.00 e. The van der Waals surface area contributed by atoms with Gasteiger partial charge in [0.2, 0.25) is 7.43 Å². The molecule has 0 aromatic heterocycles. The lowest BCUT2D eigenvalue weighted by Crippen LogP contribution is -3.00. The highest BCUT2D eigenvalue weighted by molar-refractivity contribution is 7.79. The van der Waals surface area contributed by atoms with Gasteiger partial charge in [0, 0.05) is 0 Å². The van der Waals surface area contributed by atoms with Gasteiger partial charge in [-0.3, -0.25) is 0 Å². The molecular formula is C20H20Cl2NP. The fraction of sp³-hybridized carbons (Fsp3) is 0.100. The van der Waals surface area contributed by atoms with Crippen molar-refractivity contribution >= 4 is 18.7 Å². The second-order valence-electron chi connectivity index (χ2n) is 5.62. The first kappa shape index (κ1) is 19.0. The molecule has 0 fully saturated rings. The van der Waals surface area contributed by atoms with Crippen molar-refractivity contribution in [2.75, 3.05) is 0 Å². The molecule has 3 rings (SSSR count). The maximum atomic E-state index is 6.77. The van der Waals surface area contributed by atoms with Gasteiger partial charge in [0.05, 0.1) is 0 Å². The Balaban J connectivity index is 0.00000208. The van der Waals surface area contributed by atoms with Crippen molar-refractivity contribution in [3.8, 4) is 0 Å². The summed E-state index contributed by atoms with van der Waals surface area (Å²) in [6.07, 6.45) is 0.848. The lowest BCUT2D eigenvalue weighted by molar-refractivity contribution is -0.158. The minimum atomic E-state index is -1.00. The summed E-state index contributed by atoms with van der Waals surface area (Å²) in [5.74, 6) is 0. The Morgan fingerprint density at radius 3 is 1.46 bits per heavy atom. The molecule has 4 heteroatoms. The molecule has 24 heavy (non-hydrogen) atoms. The van der Waals surface area contributed by atoms with Gasteiger partial charge >= 0.3 is 0 Å². The normalized spacial score (nSPS) is 12.2. The SMILES string of the molecule is [Cl-].[NH3+]P(Cl)C(Cc1ccccc1)(c1ccccc1)c1ccccc1. The Morgan fingerprint density at radius 1 is 0.708 bits per heavy atom. The first-order chi connectivity index (χ1) is 11.2. The summed E-state index contributed by atoms with van der Waals surface area (Å²) < 4.78 is 0. The van der Waals surface area contributed by atoms with Crippen LogP contribution in [0.3, 0.4) is 0 Å². The van der Waals surface area contributed by atoms with Crippen LogP contribution in [0.1, 0.15) is 16.7 Å². The first-order valence-electron chi connectivity index (χ1n) is 7.65. The Bertz CT molecular complexity index is 694. The Morgan fingerprint density at radius 2 is 1.08 bits per heavy atom. The predicted octanol–water partition coefficient (Wildman–Crippen LogP) is 1.97. The van der Waals surface area contributed by atoms with Gasteiger partial charge in [0.1, 0.15) is 5.16 Å². The quantitative estimate of drug-likeness (QED) is 0.660. The van der Waals surface area contributed by atoms with Crippen molar-refractivity contribution in [3.63, 3.8) is 0 Å². The highest BCUT2D eigenvalue weighted by atomic mass is 35.7. The number of hydrogen-bond acceptors (Lipinski definition) is 0. The van der Waals surface area contributed by atoms with E-state index < -0.39 is 7.43 Å². The molecule has 0 aliphatic heterocycles. The van der Waals surface area contributed by atoms with E-state index in [-0.39, 0.29) is 17.6 Å². The molecule has 0 radical (unpaired) electrons. The number of quaternary nitrogens is 1. The highest BCUT2D eigenvalue weighted by Crippen LogP contribution is 2.57. The van der Waals surface area contributed by atoms with Crippen LogP contribution in [0.5, 0.6) is 0 Å². The van der Waals surface area contributed by atoms with Crippen LogP contribution in [0.15, 0.2) is 91.0 Å². The molecule has 0 bridgehead atoms. The second kappa shape index (κ2) is 8.65. The van der Waals surface area contributed by atoms with E-state index in [9.17, 15) is 0 Å². The van der Waals surface area contributed by atoms with Crippen LogP contribution >= 0.6 is 18.7 Å². The van der Waals surface area contributed by atoms with Gasteiger partial charge in [-0.2, -0.15) is 0 Å². The average Bonchev–Trinajstić information content (AvgIpc) is 2.62. The zero-order valence-electron chi connectivity index (χ0n) is 13.3. The van der Waals surface area contributed by atoms with Gasteiger partial charge in [-0.25, -0.2) is 0 Å². The number of benzene rings is 3. The third-order valence-electron chi connectivity index (χ3n) is 4.22. The molecule has 0 aliphatic rings. The van der Waals surface area contributed by atoms with Crippen LogP contribution in [0.2, 0.25) is 0 Å². The van der Waals surface area contributed by atoms with E-state index in [0.29, 0.717) is 0 Å². The number of halogens is 2. The molecule has 0 aliphatic carbocycles. The first-order valence-corrected chi connectivity index (χ1v) is 10.1. The maximum Gasteiger partial charge on any atom is 0.213 e. The summed E-state index contributed by atoms with van der Waals surface area (Å²) in [4.78, 5) is 0. The minimum absolute atomic E-state index is 0. The van der Waals surface area contributed by atoms with Gasteiger partial charge in [0.15, 0.2) is 0 Å². The van der Waals surface area contributed by atoms with Crippen LogP contribution in [0.25, 0.3) is 0 Å². The van der Waals surface area contributed by atoms with Crippen LogP contribution in [-0.4, -0.2) is 0 Å². The predicted molar refractivity (Wildman–Crippen MR) is 99.5 cm³/mol. The lowest BCUT2D eigenvalue weighted by atomic mass is 9.85. The molecule has 1 nitrogen and oxygen atoms in total. The van der Waals surface area contributed by atoms with Gasteiger partial charge < -0.3 is 17.9 Å². The summed E-state index contributed by atoms with van der Waals surface area (Å²) in [7, 11) is -1.00. The van der Waals surface area contributed by atoms with E-state index in [2.05, 4.69) is 78.3 Å². The van der Waals surface area contributed by atoms with E-state index in [1.54, 1.807) is 0 Å². The van der Waals surface area contributed by atoms with Crippen molar-refractivity contribution in [1.29, 1.82) is 0 Å². The molecule has 3 aromatic carbocycles. The van der Waals surface area contributed by atoms with E-state index in [0.717, 1.165) is 6.42 Å². The summed E-state index contributed by atoms with van der Waals surface area (Å²) in [5, 5.41) is -0.291. The molecule has 124 valence electrons. The monoisotopic (exact) mass is 375 g/mol. The fourth-order valence-electron chi connectivity index (χ4n) is 3.06. The Labute approximate surface area is 155 Å². The van der Waals surface area contributed by atoms with Crippen LogP contribution < -0.4 is 17.9 Å². The highest BCUT2D eigenvalue weighted by Gasteiger charge is 2.43. The minimum Gasteiger partial charge on any atom is -1.00 e. The maximum absolute atomic E-state index is 6.77. The lowest BCUT2D eigenvalue weighted by Gasteiger charge is -2.34. The molecule has 0 saturated heterocycles. The average molecular weight is 376 g/mol. The van der Waals surface area contributed by atoms with Crippen molar-refractivity contribution in [3.05, 3.63) is 108 Å². The molecule has 3 aromatic rings. The zero-order valence-corrected chi connectivity index (χ0v) is 15.7. The van der Waals surface area contributed by atoms with Crippen molar-refractivity contribution in [1.82, 2.24) is 0 Å². The topological polar surface area (TPSA) is 27.6 Å².